The van der Waals surface area contributed by atoms with E-state index in [2.05, 4.69) is 0 Å². The summed E-state index contributed by atoms with van der Waals surface area (Å²) in [6.07, 6.45) is -0.197. The van der Waals surface area contributed by atoms with Gasteiger partial charge in [0.05, 0.1) is 11.0 Å². The molecule has 1 aromatic carbocycles. The van der Waals surface area contributed by atoms with E-state index in [9.17, 15) is 12.8 Å². The number of aliphatic hydroxyl groups is 1. The van der Waals surface area contributed by atoms with Crippen LogP contribution in [-0.4, -0.2) is 37.5 Å². The third-order valence-electron chi connectivity index (χ3n) is 2.38. The minimum atomic E-state index is -3.60. The quantitative estimate of drug-likeness (QED) is 0.867. The number of rotatable bonds is 5. The summed E-state index contributed by atoms with van der Waals surface area (Å²) in [5.41, 5.74) is 0. The van der Waals surface area contributed by atoms with Crippen molar-refractivity contribution in [1.82, 2.24) is 4.31 Å². The van der Waals surface area contributed by atoms with Crippen LogP contribution >= 0.6 is 0 Å². The van der Waals surface area contributed by atoms with E-state index in [1.165, 1.54) is 19.2 Å². The molecule has 0 saturated carbocycles. The summed E-state index contributed by atoms with van der Waals surface area (Å²) in [4.78, 5) is 0.0481. The number of benzene rings is 1. The highest BCUT2D eigenvalue weighted by molar-refractivity contribution is 7.89. The number of hydrogen-bond donors (Lipinski definition) is 1. The van der Waals surface area contributed by atoms with Gasteiger partial charge in [0.25, 0.3) is 0 Å². The van der Waals surface area contributed by atoms with Crippen LogP contribution in [0.3, 0.4) is 0 Å². The fourth-order valence-electron chi connectivity index (χ4n) is 1.28. The Balaban J connectivity index is 2.84. The largest absolute Gasteiger partial charge is 0.393 e. The van der Waals surface area contributed by atoms with E-state index in [0.717, 1.165) is 16.4 Å². The van der Waals surface area contributed by atoms with Crippen LogP contribution in [0.5, 0.6) is 0 Å². The molecular weight excluding hydrogens is 245 g/mol. The molecule has 1 atom stereocenters. The highest BCUT2D eigenvalue weighted by Gasteiger charge is 2.20. The Hall–Kier alpha value is -0.980. The smallest absolute Gasteiger partial charge is 0.242 e. The van der Waals surface area contributed by atoms with Crippen molar-refractivity contribution in [3.05, 3.63) is 30.1 Å². The van der Waals surface area contributed by atoms with Crippen LogP contribution in [0.1, 0.15) is 13.3 Å². The van der Waals surface area contributed by atoms with E-state index >= 15 is 0 Å². The molecule has 0 saturated heterocycles. The van der Waals surface area contributed by atoms with Gasteiger partial charge in [0.2, 0.25) is 10.0 Å². The Morgan fingerprint density at radius 3 is 2.35 bits per heavy atom. The third kappa shape index (κ3) is 3.76. The van der Waals surface area contributed by atoms with Crippen LogP contribution in [0.15, 0.2) is 29.2 Å². The molecule has 1 rings (SSSR count). The molecule has 96 valence electrons. The molecule has 6 heteroatoms. The van der Waals surface area contributed by atoms with Crippen molar-refractivity contribution in [2.75, 3.05) is 13.6 Å². The average molecular weight is 261 g/mol. The Kier molecular flexibility index (Phi) is 4.62. The van der Waals surface area contributed by atoms with E-state index in [1.807, 2.05) is 0 Å². The molecule has 0 bridgehead atoms. The second kappa shape index (κ2) is 5.57. The Labute approximate surface area is 101 Å². The Morgan fingerprint density at radius 1 is 1.35 bits per heavy atom. The number of aliphatic hydroxyl groups excluding tert-OH is 1. The van der Waals surface area contributed by atoms with E-state index in [1.54, 1.807) is 6.92 Å². The monoisotopic (exact) mass is 261 g/mol. The molecule has 0 fully saturated rings. The fraction of sp³-hybridized carbons (Fsp3) is 0.455. The van der Waals surface area contributed by atoms with Crippen molar-refractivity contribution in [1.29, 1.82) is 0 Å². The lowest BCUT2D eigenvalue weighted by atomic mass is 10.3. The molecule has 0 aliphatic rings. The van der Waals surface area contributed by atoms with Gasteiger partial charge < -0.3 is 5.11 Å². The summed E-state index contributed by atoms with van der Waals surface area (Å²) in [6, 6.07) is 4.66. The molecule has 1 unspecified atom stereocenters. The molecule has 0 aromatic heterocycles. The maximum Gasteiger partial charge on any atom is 0.242 e. The summed E-state index contributed by atoms with van der Waals surface area (Å²) in [7, 11) is -2.16. The van der Waals surface area contributed by atoms with E-state index in [-0.39, 0.29) is 11.4 Å². The number of halogens is 1. The molecule has 0 amide bonds. The van der Waals surface area contributed by atoms with Crippen molar-refractivity contribution in [3.8, 4) is 0 Å². The zero-order valence-corrected chi connectivity index (χ0v) is 10.6. The molecule has 0 heterocycles. The second-order valence-electron chi connectivity index (χ2n) is 3.92. The summed E-state index contributed by atoms with van der Waals surface area (Å²) >= 11 is 0. The van der Waals surface area contributed by atoms with Crippen molar-refractivity contribution in [2.24, 2.45) is 0 Å². The zero-order valence-electron chi connectivity index (χ0n) is 9.80. The molecule has 0 spiro atoms. The Bertz CT molecular complexity index is 456. The second-order valence-corrected chi connectivity index (χ2v) is 5.96. The maximum absolute atomic E-state index is 12.7. The predicted molar refractivity (Wildman–Crippen MR) is 62.5 cm³/mol. The van der Waals surface area contributed by atoms with Gasteiger partial charge in [0.1, 0.15) is 5.82 Å². The highest BCUT2D eigenvalue weighted by atomic mass is 32.2. The van der Waals surface area contributed by atoms with Gasteiger partial charge >= 0.3 is 0 Å². The minimum Gasteiger partial charge on any atom is -0.393 e. The van der Waals surface area contributed by atoms with Gasteiger partial charge in [-0.05, 0) is 37.6 Å². The standard InChI is InChI=1S/C11H16FNO3S/c1-9(14)7-8-13(2)17(15,16)11-5-3-10(12)4-6-11/h3-6,9,14H,7-8H2,1-2H3. The Morgan fingerprint density at radius 2 is 1.88 bits per heavy atom. The predicted octanol–water partition coefficient (Wildman–Crippen LogP) is 1.22. The van der Waals surface area contributed by atoms with Gasteiger partial charge in [-0.15, -0.1) is 0 Å². The molecular formula is C11H16FNO3S. The number of nitrogens with zero attached hydrogens (tertiary/aromatic N) is 1. The lowest BCUT2D eigenvalue weighted by Crippen LogP contribution is -2.29. The van der Waals surface area contributed by atoms with E-state index in [4.69, 9.17) is 5.11 Å². The molecule has 0 aliphatic carbocycles. The first kappa shape index (κ1) is 14.1. The topological polar surface area (TPSA) is 57.6 Å². The van der Waals surface area contributed by atoms with Gasteiger partial charge in [0.15, 0.2) is 0 Å². The van der Waals surface area contributed by atoms with Gasteiger partial charge in [-0.25, -0.2) is 17.1 Å². The molecule has 0 radical (unpaired) electrons. The number of sulfonamides is 1. The maximum atomic E-state index is 12.7. The van der Waals surface area contributed by atoms with Crippen LogP contribution < -0.4 is 0 Å². The highest BCUT2D eigenvalue weighted by Crippen LogP contribution is 2.15. The fourth-order valence-corrected chi connectivity index (χ4v) is 2.46. The van der Waals surface area contributed by atoms with Gasteiger partial charge in [-0.1, -0.05) is 0 Å². The molecule has 1 N–H and O–H groups in total. The first-order valence-corrected chi connectivity index (χ1v) is 6.68. The van der Waals surface area contributed by atoms with Crippen molar-refractivity contribution in [2.45, 2.75) is 24.3 Å². The first-order chi connectivity index (χ1) is 7.84. The summed E-state index contributed by atoms with van der Waals surface area (Å²) in [5, 5.41) is 9.10. The zero-order chi connectivity index (χ0) is 13.1. The van der Waals surface area contributed by atoms with Gasteiger partial charge in [-0.2, -0.15) is 0 Å². The average Bonchev–Trinajstić information content (AvgIpc) is 2.26. The first-order valence-electron chi connectivity index (χ1n) is 5.24. The van der Waals surface area contributed by atoms with Crippen molar-refractivity contribution < 1.29 is 17.9 Å². The summed E-state index contributed by atoms with van der Waals surface area (Å²) < 4.78 is 37.8. The van der Waals surface area contributed by atoms with Crippen LogP contribution in [0, 0.1) is 5.82 Å². The SMILES string of the molecule is CC(O)CCN(C)S(=O)(=O)c1ccc(F)cc1. The van der Waals surface area contributed by atoms with Crippen molar-refractivity contribution in [3.63, 3.8) is 0 Å². The molecule has 17 heavy (non-hydrogen) atoms. The molecule has 1 aromatic rings. The van der Waals surface area contributed by atoms with Crippen LogP contribution in [-0.2, 0) is 10.0 Å². The minimum absolute atomic E-state index is 0.0481. The lowest BCUT2D eigenvalue weighted by Gasteiger charge is -2.17. The molecule has 0 aliphatic heterocycles. The third-order valence-corrected chi connectivity index (χ3v) is 4.25. The number of hydrogen-bond acceptors (Lipinski definition) is 3. The lowest BCUT2D eigenvalue weighted by molar-refractivity contribution is 0.177. The van der Waals surface area contributed by atoms with Crippen LogP contribution in [0.4, 0.5) is 4.39 Å². The summed E-state index contributed by atoms with van der Waals surface area (Å²) in [6.45, 7) is 1.82. The van der Waals surface area contributed by atoms with E-state index in [0.29, 0.717) is 6.42 Å². The van der Waals surface area contributed by atoms with E-state index < -0.39 is 21.9 Å². The molecule has 4 nitrogen and oxygen atoms in total. The van der Waals surface area contributed by atoms with Crippen LogP contribution in [0.2, 0.25) is 0 Å². The van der Waals surface area contributed by atoms with Gasteiger partial charge in [0, 0.05) is 13.6 Å². The van der Waals surface area contributed by atoms with Crippen LogP contribution in [0.25, 0.3) is 0 Å². The van der Waals surface area contributed by atoms with Crippen molar-refractivity contribution >= 4 is 10.0 Å². The van der Waals surface area contributed by atoms with Gasteiger partial charge in [-0.3, -0.25) is 0 Å². The normalized spacial score (nSPS) is 13.9. The summed E-state index contributed by atoms with van der Waals surface area (Å²) in [5.74, 6) is -0.476.